The minimum absolute atomic E-state index is 0.324. The Hall–Kier alpha value is -2.41. The molecule has 1 aromatic carbocycles. The Morgan fingerprint density at radius 2 is 1.53 bits per heavy atom. The molecule has 4 atom stereocenters. The van der Waals surface area contributed by atoms with Crippen LogP contribution in [0.4, 0.5) is 5.69 Å². The van der Waals surface area contributed by atoms with E-state index in [0.29, 0.717) is 5.56 Å². The van der Waals surface area contributed by atoms with Gasteiger partial charge in [-0.3, -0.25) is 14.4 Å². The van der Waals surface area contributed by atoms with Gasteiger partial charge in [0.05, 0.1) is 23.7 Å². The number of carbonyl (C=O) groups is 3. The van der Waals surface area contributed by atoms with E-state index >= 15 is 0 Å². The van der Waals surface area contributed by atoms with Crippen LogP contribution < -0.4 is 4.90 Å². The summed E-state index contributed by atoms with van der Waals surface area (Å²) < 4.78 is 10.8. The van der Waals surface area contributed by atoms with Gasteiger partial charge in [0.25, 0.3) is 0 Å². The van der Waals surface area contributed by atoms with Gasteiger partial charge in [-0.1, -0.05) is 12.1 Å². The Labute approximate surface area is 178 Å². The molecule has 1 aromatic rings. The van der Waals surface area contributed by atoms with E-state index in [9.17, 15) is 19.5 Å². The van der Waals surface area contributed by atoms with Gasteiger partial charge < -0.3 is 19.5 Å². The molecule has 7 heteroatoms. The lowest BCUT2D eigenvalue weighted by atomic mass is 9.61. The smallest absolute Gasteiger partial charge is 0.317 e. The molecule has 7 nitrogen and oxygen atoms in total. The summed E-state index contributed by atoms with van der Waals surface area (Å²) in [5.41, 5.74) is -0.122. The summed E-state index contributed by atoms with van der Waals surface area (Å²) in [5, 5.41) is 11.1. The van der Waals surface area contributed by atoms with Crippen LogP contribution in [0.15, 0.2) is 24.3 Å². The van der Waals surface area contributed by atoms with Crippen molar-refractivity contribution in [1.29, 1.82) is 0 Å². The summed E-state index contributed by atoms with van der Waals surface area (Å²) in [6, 6.07) is 7.25. The second kappa shape index (κ2) is 9.16. The van der Waals surface area contributed by atoms with Gasteiger partial charge in [-0.25, -0.2) is 0 Å². The third-order valence-corrected chi connectivity index (χ3v) is 5.27. The zero-order valence-corrected chi connectivity index (χ0v) is 18.8. The van der Waals surface area contributed by atoms with Crippen molar-refractivity contribution in [3.05, 3.63) is 29.8 Å². The molecule has 0 amide bonds. The molecule has 1 fully saturated rings. The van der Waals surface area contributed by atoms with Gasteiger partial charge >= 0.3 is 11.9 Å². The van der Waals surface area contributed by atoms with Crippen LogP contribution in [0.25, 0.3) is 0 Å². The number of carbonyl (C=O) groups excluding carboxylic acids is 3. The second-order valence-electron chi connectivity index (χ2n) is 8.94. The van der Waals surface area contributed by atoms with Crippen molar-refractivity contribution in [2.24, 2.45) is 11.8 Å². The predicted octanol–water partition coefficient (Wildman–Crippen LogP) is 2.70. The van der Waals surface area contributed by atoms with E-state index in [1.165, 1.54) is 6.92 Å². The van der Waals surface area contributed by atoms with Gasteiger partial charge in [-0.2, -0.15) is 0 Å². The normalized spacial score (nSPS) is 26.6. The molecule has 0 bridgehead atoms. The zero-order chi connectivity index (χ0) is 22.8. The Morgan fingerprint density at radius 3 is 2.00 bits per heavy atom. The van der Waals surface area contributed by atoms with Crippen LogP contribution >= 0.6 is 0 Å². The van der Waals surface area contributed by atoms with E-state index in [-0.39, 0.29) is 6.42 Å². The molecule has 2 rings (SSSR count). The highest BCUT2D eigenvalue weighted by molar-refractivity contribution is 6.02. The molecule has 166 valence electrons. The molecule has 1 aliphatic rings. The van der Waals surface area contributed by atoms with E-state index in [4.69, 9.17) is 9.47 Å². The third-order valence-electron chi connectivity index (χ3n) is 5.27. The van der Waals surface area contributed by atoms with Gasteiger partial charge in [0.2, 0.25) is 0 Å². The average molecular weight is 420 g/mol. The SMILES string of the molecule is CC(C)OC(=O)[C@@H]1C(=O)C[C@](C)(O)[C@@H](C(=O)OC(C)C)[C@H]1c1ccc(N(C)C)cc1. The van der Waals surface area contributed by atoms with Gasteiger partial charge in [0.1, 0.15) is 5.92 Å². The zero-order valence-electron chi connectivity index (χ0n) is 18.8. The maximum absolute atomic E-state index is 13.0. The summed E-state index contributed by atoms with van der Waals surface area (Å²) in [6.45, 7) is 8.28. The summed E-state index contributed by atoms with van der Waals surface area (Å²) in [4.78, 5) is 40.8. The summed E-state index contributed by atoms with van der Waals surface area (Å²) in [6.07, 6.45) is -1.14. The first-order chi connectivity index (χ1) is 13.8. The molecule has 1 N–H and O–H groups in total. The maximum atomic E-state index is 13.0. The highest BCUT2D eigenvalue weighted by Crippen LogP contribution is 2.47. The number of esters is 2. The fourth-order valence-electron chi connectivity index (χ4n) is 4.02. The predicted molar refractivity (Wildman–Crippen MR) is 113 cm³/mol. The molecule has 0 unspecified atom stereocenters. The molecule has 1 aliphatic carbocycles. The first-order valence-electron chi connectivity index (χ1n) is 10.3. The van der Waals surface area contributed by atoms with Crippen molar-refractivity contribution in [3.8, 4) is 0 Å². The molecule has 0 radical (unpaired) electrons. The molecule has 0 saturated heterocycles. The number of hydrogen-bond acceptors (Lipinski definition) is 7. The number of benzene rings is 1. The number of ketones is 1. The number of anilines is 1. The lowest BCUT2D eigenvalue weighted by Gasteiger charge is -2.44. The number of nitrogens with zero attached hydrogens (tertiary/aromatic N) is 1. The number of rotatable bonds is 6. The van der Waals surface area contributed by atoms with E-state index in [1.807, 2.05) is 31.1 Å². The van der Waals surface area contributed by atoms with Crippen LogP contribution in [0.5, 0.6) is 0 Å². The fourth-order valence-corrected chi connectivity index (χ4v) is 4.02. The topological polar surface area (TPSA) is 93.1 Å². The summed E-state index contributed by atoms with van der Waals surface area (Å²) in [7, 11) is 3.80. The number of hydrogen-bond donors (Lipinski definition) is 1. The molecule has 0 aromatic heterocycles. The lowest BCUT2D eigenvalue weighted by Crippen LogP contribution is -2.55. The van der Waals surface area contributed by atoms with E-state index in [2.05, 4.69) is 0 Å². The van der Waals surface area contributed by atoms with Gasteiger partial charge in [-0.15, -0.1) is 0 Å². The molecular formula is C23H33NO6. The standard InChI is InChI=1S/C23H33NO6/c1-13(2)29-21(26)19-17(25)12-23(5,28)20(22(27)30-14(3)4)18(19)15-8-10-16(11-9-15)24(6)7/h8-11,13-14,18-20,28H,12H2,1-7H3/t18-,19+,20+,23-/m0/s1. The minimum atomic E-state index is -1.65. The summed E-state index contributed by atoms with van der Waals surface area (Å²) >= 11 is 0. The average Bonchev–Trinajstić information content (AvgIpc) is 2.58. The molecular weight excluding hydrogens is 386 g/mol. The highest BCUT2D eigenvalue weighted by Gasteiger charge is 2.57. The van der Waals surface area contributed by atoms with E-state index in [1.54, 1.807) is 39.8 Å². The van der Waals surface area contributed by atoms with Crippen LogP contribution in [0.2, 0.25) is 0 Å². The fraction of sp³-hybridized carbons (Fsp3) is 0.609. The summed E-state index contributed by atoms with van der Waals surface area (Å²) in [5.74, 6) is -4.94. The van der Waals surface area contributed by atoms with Crippen LogP contribution in [0, 0.1) is 11.8 Å². The van der Waals surface area contributed by atoms with E-state index in [0.717, 1.165) is 5.69 Å². The van der Waals surface area contributed by atoms with Crippen LogP contribution in [0.3, 0.4) is 0 Å². The number of Topliss-reactive ketones (excluding diaryl/α,β-unsaturated/α-hetero) is 1. The Balaban J connectivity index is 2.61. The Kier molecular flexibility index (Phi) is 7.29. The van der Waals surface area contributed by atoms with Crippen molar-refractivity contribution < 1.29 is 29.0 Å². The molecule has 30 heavy (non-hydrogen) atoms. The quantitative estimate of drug-likeness (QED) is 0.560. The van der Waals surface area contributed by atoms with Gasteiger partial charge in [-0.05, 0) is 52.3 Å². The highest BCUT2D eigenvalue weighted by atomic mass is 16.5. The second-order valence-corrected chi connectivity index (χ2v) is 8.94. The Morgan fingerprint density at radius 1 is 1.03 bits per heavy atom. The first kappa shape index (κ1) is 23.9. The molecule has 0 spiro atoms. The van der Waals surface area contributed by atoms with Crippen molar-refractivity contribution in [2.45, 2.75) is 64.8 Å². The van der Waals surface area contributed by atoms with E-state index < -0.39 is 53.3 Å². The van der Waals surface area contributed by atoms with Crippen molar-refractivity contribution in [2.75, 3.05) is 19.0 Å². The van der Waals surface area contributed by atoms with Crippen molar-refractivity contribution in [1.82, 2.24) is 0 Å². The van der Waals surface area contributed by atoms with Gasteiger partial charge in [0.15, 0.2) is 5.78 Å². The lowest BCUT2D eigenvalue weighted by molar-refractivity contribution is -0.176. The van der Waals surface area contributed by atoms with Crippen molar-refractivity contribution in [3.63, 3.8) is 0 Å². The van der Waals surface area contributed by atoms with Crippen molar-refractivity contribution >= 4 is 23.4 Å². The third kappa shape index (κ3) is 5.19. The molecule has 1 saturated carbocycles. The number of aliphatic hydroxyl groups is 1. The monoisotopic (exact) mass is 419 g/mol. The first-order valence-corrected chi connectivity index (χ1v) is 10.3. The molecule has 0 aliphatic heterocycles. The molecule has 0 heterocycles. The Bertz CT molecular complexity index is 773. The van der Waals surface area contributed by atoms with Crippen LogP contribution in [-0.2, 0) is 23.9 Å². The largest absolute Gasteiger partial charge is 0.463 e. The van der Waals surface area contributed by atoms with Crippen LogP contribution in [0.1, 0.15) is 52.5 Å². The maximum Gasteiger partial charge on any atom is 0.317 e. The minimum Gasteiger partial charge on any atom is -0.463 e. The van der Waals surface area contributed by atoms with Crippen LogP contribution in [-0.4, -0.2) is 54.7 Å². The number of ether oxygens (including phenoxy) is 2. The van der Waals surface area contributed by atoms with Gasteiger partial charge in [0, 0.05) is 32.1 Å².